The van der Waals surface area contributed by atoms with Gasteiger partial charge in [-0.25, -0.2) is 0 Å². The number of piperazine rings is 1. The normalized spacial score (nSPS) is 24.5. The molecule has 2 N–H and O–H groups in total. The van der Waals surface area contributed by atoms with Crippen molar-refractivity contribution in [2.24, 2.45) is 0 Å². The molecule has 112 valence electrons. The van der Waals surface area contributed by atoms with Gasteiger partial charge in [-0.1, -0.05) is 30.3 Å². The van der Waals surface area contributed by atoms with Gasteiger partial charge in [-0.3, -0.25) is 4.90 Å². The van der Waals surface area contributed by atoms with Gasteiger partial charge in [0.15, 0.2) is 0 Å². The second-order valence-corrected chi connectivity index (χ2v) is 5.94. The van der Waals surface area contributed by atoms with Crippen molar-refractivity contribution in [1.29, 1.82) is 0 Å². The number of aliphatic hydroxyl groups excluding tert-OH is 1. The first-order valence-corrected chi connectivity index (χ1v) is 7.39. The fourth-order valence-electron chi connectivity index (χ4n) is 3.05. The van der Waals surface area contributed by atoms with Gasteiger partial charge in [-0.2, -0.15) is 0 Å². The fraction of sp³-hybridized carbons (Fsp3) is 0.625. The lowest BCUT2D eigenvalue weighted by Crippen LogP contribution is -2.58. The minimum atomic E-state index is -0.384. The number of hydrogen-bond acceptors (Lipinski definition) is 4. The van der Waals surface area contributed by atoms with Crippen LogP contribution in [0.25, 0.3) is 0 Å². The molecule has 1 saturated heterocycles. The molecule has 1 aliphatic heterocycles. The predicted octanol–water partition coefficient (Wildman–Crippen LogP) is 0.730. The average Bonchev–Trinajstić information content (AvgIpc) is 2.48. The lowest BCUT2D eigenvalue weighted by molar-refractivity contribution is 0.0483. The number of nitrogens with one attached hydrogen (secondary N) is 1. The largest absolute Gasteiger partial charge is 0.394 e. The molecule has 4 nitrogen and oxygen atoms in total. The molecular weight excluding hydrogens is 250 g/mol. The molecule has 2 unspecified atom stereocenters. The monoisotopic (exact) mass is 277 g/mol. The Kier molecular flexibility index (Phi) is 5.16. The lowest BCUT2D eigenvalue weighted by Gasteiger charge is -2.44. The van der Waals surface area contributed by atoms with E-state index in [1.807, 2.05) is 25.2 Å². The van der Waals surface area contributed by atoms with Crippen LogP contribution in [0.3, 0.4) is 0 Å². The highest BCUT2D eigenvalue weighted by molar-refractivity contribution is 5.25. The summed E-state index contributed by atoms with van der Waals surface area (Å²) in [6.07, 6.45) is 0. The Morgan fingerprint density at radius 2 is 2.00 bits per heavy atom. The maximum Gasteiger partial charge on any atom is 0.0795 e. The molecule has 0 saturated carbocycles. The van der Waals surface area contributed by atoms with Crippen LogP contribution in [0.5, 0.6) is 0 Å². The number of rotatable bonds is 5. The van der Waals surface area contributed by atoms with E-state index in [2.05, 4.69) is 41.2 Å². The minimum Gasteiger partial charge on any atom is -0.394 e. The lowest BCUT2D eigenvalue weighted by atomic mass is 9.89. The van der Waals surface area contributed by atoms with Crippen LogP contribution < -0.4 is 5.32 Å². The molecule has 20 heavy (non-hydrogen) atoms. The summed E-state index contributed by atoms with van der Waals surface area (Å²) >= 11 is 0. The van der Waals surface area contributed by atoms with Gasteiger partial charge in [0.2, 0.25) is 0 Å². The van der Waals surface area contributed by atoms with Crippen molar-refractivity contribution in [3.8, 4) is 0 Å². The molecule has 1 heterocycles. The van der Waals surface area contributed by atoms with Gasteiger partial charge < -0.3 is 15.3 Å². The molecule has 1 aromatic carbocycles. The minimum absolute atomic E-state index is 0.104. The number of likely N-dealkylation sites (N-methyl/N-ethyl adjacent to an activating group) is 2. The molecule has 2 atom stereocenters. The van der Waals surface area contributed by atoms with Crippen LogP contribution in [0, 0.1) is 0 Å². The topological polar surface area (TPSA) is 38.7 Å². The third-order valence-electron chi connectivity index (χ3n) is 4.52. The first kappa shape index (κ1) is 15.4. The first-order valence-electron chi connectivity index (χ1n) is 7.39. The molecule has 1 fully saturated rings. The summed E-state index contributed by atoms with van der Waals surface area (Å²) in [4.78, 5) is 4.84. The third kappa shape index (κ3) is 3.20. The fourth-order valence-corrected chi connectivity index (χ4v) is 3.05. The van der Waals surface area contributed by atoms with E-state index in [4.69, 9.17) is 0 Å². The molecule has 0 bridgehead atoms. The Balaban J connectivity index is 2.17. The van der Waals surface area contributed by atoms with Crippen LogP contribution in [0.2, 0.25) is 0 Å². The maximum atomic E-state index is 10.00. The Labute approximate surface area is 122 Å². The molecule has 2 rings (SSSR count). The van der Waals surface area contributed by atoms with E-state index in [1.165, 1.54) is 0 Å². The molecule has 0 spiro atoms. The zero-order valence-corrected chi connectivity index (χ0v) is 12.8. The quantitative estimate of drug-likeness (QED) is 0.832. The first-order chi connectivity index (χ1) is 9.61. The molecular formula is C16H27N3O. The van der Waals surface area contributed by atoms with Crippen molar-refractivity contribution in [3.05, 3.63) is 35.9 Å². The Hall–Kier alpha value is -0.940. The summed E-state index contributed by atoms with van der Waals surface area (Å²) in [5.41, 5.74) is 0.766. The van der Waals surface area contributed by atoms with Crippen LogP contribution in [-0.2, 0) is 5.54 Å². The second kappa shape index (κ2) is 6.68. The maximum absolute atomic E-state index is 10.00. The van der Waals surface area contributed by atoms with E-state index in [0.717, 1.165) is 31.7 Å². The van der Waals surface area contributed by atoms with Crippen LogP contribution in [0.15, 0.2) is 30.3 Å². The van der Waals surface area contributed by atoms with Crippen molar-refractivity contribution < 1.29 is 5.11 Å². The Morgan fingerprint density at radius 1 is 1.30 bits per heavy atom. The van der Waals surface area contributed by atoms with Gasteiger partial charge in [0.1, 0.15) is 0 Å². The number of hydrogen-bond donors (Lipinski definition) is 2. The Morgan fingerprint density at radius 3 is 2.55 bits per heavy atom. The molecule has 1 aromatic rings. The second-order valence-electron chi connectivity index (χ2n) is 5.94. The summed E-state index contributed by atoms with van der Waals surface area (Å²) in [6.45, 7) is 6.42. The summed E-state index contributed by atoms with van der Waals surface area (Å²) in [5.74, 6) is 0. The number of aliphatic hydroxyl groups is 1. The van der Waals surface area contributed by atoms with Crippen LogP contribution in [0.4, 0.5) is 0 Å². The highest BCUT2D eigenvalue weighted by atomic mass is 16.3. The van der Waals surface area contributed by atoms with Gasteiger partial charge in [0.25, 0.3) is 0 Å². The molecule has 0 radical (unpaired) electrons. The molecule has 0 aliphatic carbocycles. The average molecular weight is 277 g/mol. The van der Waals surface area contributed by atoms with Crippen molar-refractivity contribution >= 4 is 0 Å². The van der Waals surface area contributed by atoms with Gasteiger partial charge >= 0.3 is 0 Å². The van der Waals surface area contributed by atoms with Gasteiger partial charge in [0, 0.05) is 32.2 Å². The van der Waals surface area contributed by atoms with E-state index in [9.17, 15) is 5.11 Å². The zero-order chi connectivity index (χ0) is 14.6. The van der Waals surface area contributed by atoms with Crippen molar-refractivity contribution in [2.75, 3.05) is 46.9 Å². The van der Waals surface area contributed by atoms with Crippen molar-refractivity contribution in [3.63, 3.8) is 0 Å². The number of nitrogens with zero attached hydrogens (tertiary/aromatic N) is 2. The van der Waals surface area contributed by atoms with E-state index >= 15 is 0 Å². The summed E-state index contributed by atoms with van der Waals surface area (Å²) in [5, 5.41) is 13.4. The van der Waals surface area contributed by atoms with Crippen molar-refractivity contribution in [2.45, 2.75) is 18.5 Å². The van der Waals surface area contributed by atoms with E-state index < -0.39 is 0 Å². The van der Waals surface area contributed by atoms with E-state index in [0.29, 0.717) is 6.04 Å². The smallest absolute Gasteiger partial charge is 0.0795 e. The molecule has 0 aromatic heterocycles. The summed E-state index contributed by atoms with van der Waals surface area (Å²) in [6, 6.07) is 10.8. The van der Waals surface area contributed by atoms with Gasteiger partial charge in [0.05, 0.1) is 12.1 Å². The van der Waals surface area contributed by atoms with E-state index in [1.54, 1.807) is 0 Å². The van der Waals surface area contributed by atoms with Gasteiger partial charge in [-0.15, -0.1) is 0 Å². The van der Waals surface area contributed by atoms with E-state index in [-0.39, 0.29) is 12.1 Å². The summed E-state index contributed by atoms with van der Waals surface area (Å²) < 4.78 is 0. The molecule has 4 heteroatoms. The standard InChI is InChI=1S/C16H27N3O/c1-14-11-18(3)9-10-19(14)12-16(13-20,17-2)15-7-5-4-6-8-15/h4-8,14,17,20H,9-13H2,1-3H3. The predicted molar refractivity (Wildman–Crippen MR) is 82.8 cm³/mol. The number of benzene rings is 1. The molecule has 1 aliphatic rings. The highest BCUT2D eigenvalue weighted by Gasteiger charge is 2.34. The Bertz CT molecular complexity index is 405. The van der Waals surface area contributed by atoms with Crippen LogP contribution >= 0.6 is 0 Å². The third-order valence-corrected chi connectivity index (χ3v) is 4.52. The van der Waals surface area contributed by atoms with Crippen LogP contribution in [0.1, 0.15) is 12.5 Å². The SMILES string of the molecule is CNC(CO)(CN1CCN(C)CC1C)c1ccccc1. The summed E-state index contributed by atoms with van der Waals surface area (Å²) in [7, 11) is 4.10. The zero-order valence-electron chi connectivity index (χ0n) is 12.8. The van der Waals surface area contributed by atoms with Crippen molar-refractivity contribution in [1.82, 2.24) is 15.1 Å². The highest BCUT2D eigenvalue weighted by Crippen LogP contribution is 2.23. The molecule has 0 amide bonds. The van der Waals surface area contributed by atoms with Crippen LogP contribution in [-0.4, -0.2) is 67.8 Å². The van der Waals surface area contributed by atoms with Gasteiger partial charge in [-0.05, 0) is 26.6 Å².